The molecule has 0 saturated heterocycles. The van der Waals surface area contributed by atoms with Crippen molar-refractivity contribution in [1.29, 1.82) is 0 Å². The number of carbonyl (C=O) groups excluding carboxylic acids is 1. The zero-order valence-corrected chi connectivity index (χ0v) is 7.41. The number of allylic oxidation sites excluding steroid dienone is 1. The first-order valence-electron chi connectivity index (χ1n) is 3.21. The van der Waals surface area contributed by atoms with Gasteiger partial charge in [0.15, 0.2) is 0 Å². The third-order valence-corrected chi connectivity index (χ3v) is 1.98. The van der Waals surface area contributed by atoms with Gasteiger partial charge in [-0.2, -0.15) is 0 Å². The van der Waals surface area contributed by atoms with Crippen LogP contribution in [-0.2, 0) is 4.79 Å². The summed E-state index contributed by atoms with van der Waals surface area (Å²) in [5.41, 5.74) is 1.01. The van der Waals surface area contributed by atoms with E-state index in [1.807, 2.05) is 24.3 Å². The Kier molecular flexibility index (Phi) is 3.05. The fourth-order valence-electron chi connectivity index (χ4n) is 0.753. The van der Waals surface area contributed by atoms with E-state index >= 15 is 0 Å². The van der Waals surface area contributed by atoms with Crippen LogP contribution in [0.15, 0.2) is 34.8 Å². The largest absolute Gasteiger partial charge is 0.299 e. The summed E-state index contributed by atoms with van der Waals surface area (Å²) in [7, 11) is 0. The first-order chi connectivity index (χ1) is 5.34. The molecular weight excluding hydrogens is 204 g/mol. The Morgan fingerprint density at radius 1 is 1.27 bits per heavy atom. The van der Waals surface area contributed by atoms with E-state index in [-0.39, 0.29) is 0 Å². The van der Waals surface area contributed by atoms with Gasteiger partial charge in [-0.3, -0.25) is 4.79 Å². The van der Waals surface area contributed by atoms with Gasteiger partial charge in [-0.1, -0.05) is 40.2 Å². The maximum absolute atomic E-state index is 9.99. The monoisotopic (exact) mass is 210 g/mol. The number of benzene rings is 1. The van der Waals surface area contributed by atoms with Gasteiger partial charge < -0.3 is 0 Å². The molecule has 1 aromatic carbocycles. The minimum atomic E-state index is 0.763. The molecule has 0 aliphatic rings. The second-order valence-corrected chi connectivity index (χ2v) is 2.87. The van der Waals surface area contributed by atoms with E-state index in [1.165, 1.54) is 6.08 Å². The predicted octanol–water partition coefficient (Wildman–Crippen LogP) is 2.66. The van der Waals surface area contributed by atoms with Gasteiger partial charge in [-0.25, -0.2) is 0 Å². The lowest BCUT2D eigenvalue weighted by atomic mass is 10.2. The van der Waals surface area contributed by atoms with Crippen LogP contribution in [0.3, 0.4) is 0 Å². The number of aldehydes is 1. The third-order valence-electron chi connectivity index (χ3n) is 1.26. The number of hydrogen-bond acceptors (Lipinski definition) is 1. The lowest BCUT2D eigenvalue weighted by Gasteiger charge is -1.94. The van der Waals surface area contributed by atoms with E-state index in [2.05, 4.69) is 15.9 Å². The minimum Gasteiger partial charge on any atom is -0.299 e. The summed E-state index contributed by atoms with van der Waals surface area (Å²) in [5, 5.41) is 0. The molecule has 0 heterocycles. The summed E-state index contributed by atoms with van der Waals surface area (Å²) in [4.78, 5) is 9.99. The van der Waals surface area contributed by atoms with E-state index in [1.54, 1.807) is 6.08 Å². The number of halogens is 1. The van der Waals surface area contributed by atoms with Crippen LogP contribution < -0.4 is 0 Å². The van der Waals surface area contributed by atoms with E-state index in [4.69, 9.17) is 0 Å². The summed E-state index contributed by atoms with van der Waals surface area (Å²) in [6, 6.07) is 7.73. The average molecular weight is 211 g/mol. The highest BCUT2D eigenvalue weighted by molar-refractivity contribution is 9.10. The molecule has 0 fully saturated rings. The molecule has 11 heavy (non-hydrogen) atoms. The molecule has 0 aromatic heterocycles. The highest BCUT2D eigenvalue weighted by Crippen LogP contribution is 2.16. The highest BCUT2D eigenvalue weighted by Gasteiger charge is 1.90. The fraction of sp³-hybridized carbons (Fsp3) is 0. The SMILES string of the molecule is O=C/C=C/c1ccccc1Br. The number of rotatable bonds is 2. The summed E-state index contributed by atoms with van der Waals surface area (Å²) in [5.74, 6) is 0. The Morgan fingerprint density at radius 2 is 2.00 bits per heavy atom. The van der Waals surface area contributed by atoms with E-state index < -0.39 is 0 Å². The van der Waals surface area contributed by atoms with Crippen molar-refractivity contribution in [3.05, 3.63) is 40.4 Å². The zero-order chi connectivity index (χ0) is 8.10. The summed E-state index contributed by atoms with van der Waals surface area (Å²) >= 11 is 3.36. The van der Waals surface area contributed by atoms with Crippen molar-refractivity contribution in [1.82, 2.24) is 0 Å². The molecule has 56 valence electrons. The maximum Gasteiger partial charge on any atom is 0.142 e. The molecule has 0 aliphatic heterocycles. The molecular formula is C9H7BrO. The number of hydrogen-bond donors (Lipinski definition) is 0. The first-order valence-corrected chi connectivity index (χ1v) is 4.00. The van der Waals surface area contributed by atoms with Crippen LogP contribution in [0, 0.1) is 0 Å². The fourth-order valence-corrected chi connectivity index (χ4v) is 1.17. The third kappa shape index (κ3) is 2.31. The van der Waals surface area contributed by atoms with E-state index in [9.17, 15) is 4.79 Å². The number of carbonyl (C=O) groups is 1. The summed E-state index contributed by atoms with van der Waals surface area (Å²) < 4.78 is 0.998. The Hall–Kier alpha value is -0.890. The molecule has 0 radical (unpaired) electrons. The van der Waals surface area contributed by atoms with Gasteiger partial charge in [0.1, 0.15) is 6.29 Å². The molecule has 2 heteroatoms. The summed E-state index contributed by atoms with van der Waals surface area (Å²) in [6.07, 6.45) is 4.00. The van der Waals surface area contributed by atoms with Gasteiger partial charge in [0.05, 0.1) is 0 Å². The smallest absolute Gasteiger partial charge is 0.142 e. The second kappa shape index (κ2) is 4.09. The average Bonchev–Trinajstić information content (AvgIpc) is 2.03. The Labute approximate surface area is 73.9 Å². The van der Waals surface area contributed by atoms with Crippen molar-refractivity contribution >= 4 is 28.3 Å². The van der Waals surface area contributed by atoms with Gasteiger partial charge >= 0.3 is 0 Å². The van der Waals surface area contributed by atoms with Crippen molar-refractivity contribution in [2.24, 2.45) is 0 Å². The van der Waals surface area contributed by atoms with Gasteiger partial charge in [0.2, 0.25) is 0 Å². The Morgan fingerprint density at radius 3 is 2.64 bits per heavy atom. The molecule has 1 rings (SSSR count). The van der Waals surface area contributed by atoms with Crippen LogP contribution in [0.1, 0.15) is 5.56 Å². The van der Waals surface area contributed by atoms with Crippen molar-refractivity contribution < 1.29 is 4.79 Å². The molecule has 0 N–H and O–H groups in total. The first kappa shape index (κ1) is 8.21. The van der Waals surface area contributed by atoms with Crippen molar-refractivity contribution in [2.75, 3.05) is 0 Å². The molecule has 0 unspecified atom stereocenters. The maximum atomic E-state index is 9.99. The molecule has 0 atom stereocenters. The van der Waals surface area contributed by atoms with Crippen LogP contribution in [-0.4, -0.2) is 6.29 Å². The van der Waals surface area contributed by atoms with Gasteiger partial charge in [-0.15, -0.1) is 0 Å². The molecule has 0 saturated carbocycles. The molecule has 0 bridgehead atoms. The zero-order valence-electron chi connectivity index (χ0n) is 5.83. The van der Waals surface area contributed by atoms with Gasteiger partial charge in [0.25, 0.3) is 0 Å². The van der Waals surface area contributed by atoms with Crippen molar-refractivity contribution in [3.63, 3.8) is 0 Å². The quantitative estimate of drug-likeness (QED) is 0.542. The molecule has 0 aliphatic carbocycles. The van der Waals surface area contributed by atoms with Gasteiger partial charge in [-0.05, 0) is 17.7 Å². The van der Waals surface area contributed by atoms with Crippen LogP contribution in [0.4, 0.5) is 0 Å². The van der Waals surface area contributed by atoms with Crippen molar-refractivity contribution in [3.8, 4) is 0 Å². The molecule has 0 amide bonds. The Balaban J connectivity index is 2.94. The highest BCUT2D eigenvalue weighted by atomic mass is 79.9. The standard InChI is InChI=1S/C9H7BrO/c10-9-6-2-1-4-8(9)5-3-7-11/h1-7H/b5-3+. The van der Waals surface area contributed by atoms with Crippen molar-refractivity contribution in [2.45, 2.75) is 0 Å². The second-order valence-electron chi connectivity index (χ2n) is 2.02. The normalized spacial score (nSPS) is 10.3. The lowest BCUT2D eigenvalue weighted by Crippen LogP contribution is -1.72. The summed E-state index contributed by atoms with van der Waals surface area (Å²) in [6.45, 7) is 0. The van der Waals surface area contributed by atoms with Crippen LogP contribution in [0.5, 0.6) is 0 Å². The van der Waals surface area contributed by atoms with E-state index in [0.29, 0.717) is 0 Å². The van der Waals surface area contributed by atoms with Gasteiger partial charge in [0, 0.05) is 4.47 Å². The van der Waals surface area contributed by atoms with Crippen LogP contribution >= 0.6 is 15.9 Å². The van der Waals surface area contributed by atoms with Crippen LogP contribution in [0.25, 0.3) is 6.08 Å². The molecule has 0 spiro atoms. The molecule has 1 aromatic rings. The topological polar surface area (TPSA) is 17.1 Å². The minimum absolute atomic E-state index is 0.763. The Bertz CT molecular complexity index is 279. The predicted molar refractivity (Wildman–Crippen MR) is 49.2 cm³/mol. The van der Waals surface area contributed by atoms with E-state index in [0.717, 1.165) is 16.3 Å². The molecule has 1 nitrogen and oxygen atoms in total. The van der Waals surface area contributed by atoms with Crippen LogP contribution in [0.2, 0.25) is 0 Å². The lowest BCUT2D eigenvalue weighted by molar-refractivity contribution is -0.104.